The first-order valence-corrected chi connectivity index (χ1v) is 5.31. The zero-order chi connectivity index (χ0) is 10.8. The lowest BCUT2D eigenvalue weighted by Crippen LogP contribution is -2.07. The Morgan fingerprint density at radius 2 is 2.40 bits per heavy atom. The third-order valence-corrected chi connectivity index (χ3v) is 2.69. The maximum atomic E-state index is 11.4. The highest BCUT2D eigenvalue weighted by Crippen LogP contribution is 2.47. The summed E-state index contributed by atoms with van der Waals surface area (Å²) >= 11 is 0. The number of nitrogens with zero attached hydrogens (tertiary/aromatic N) is 1. The number of carbonyl (C=O) groups is 1. The molecule has 3 heteroatoms. The number of carbonyl (C=O) groups excluding carboxylic acids is 1. The number of ether oxygens (including phenoxy) is 1. The minimum Gasteiger partial charge on any atom is -0.466 e. The van der Waals surface area contributed by atoms with Crippen molar-refractivity contribution in [3.8, 4) is 0 Å². The Morgan fingerprint density at radius 3 is 3.00 bits per heavy atom. The van der Waals surface area contributed by atoms with Gasteiger partial charge in [-0.2, -0.15) is 0 Å². The minimum atomic E-state index is -0.0788. The standard InChI is InChI=1S/C12H15NO2/c1-3-15-12(14)10-6-9(10)11-5-4-8(2)7-13-11/h4-5,7,9-10H,3,6H2,1-2H3/t9-,10-/m0/s1. The average molecular weight is 205 g/mol. The van der Waals surface area contributed by atoms with Crippen molar-refractivity contribution in [2.24, 2.45) is 5.92 Å². The van der Waals surface area contributed by atoms with Crippen LogP contribution in [0.5, 0.6) is 0 Å². The molecule has 1 saturated carbocycles. The van der Waals surface area contributed by atoms with Crippen LogP contribution in [0.25, 0.3) is 0 Å². The van der Waals surface area contributed by atoms with Gasteiger partial charge >= 0.3 is 5.97 Å². The fourth-order valence-electron chi connectivity index (χ4n) is 1.73. The van der Waals surface area contributed by atoms with Crippen molar-refractivity contribution in [3.05, 3.63) is 29.6 Å². The molecule has 80 valence electrons. The van der Waals surface area contributed by atoms with Gasteiger partial charge in [0.2, 0.25) is 0 Å². The number of esters is 1. The summed E-state index contributed by atoms with van der Waals surface area (Å²) in [4.78, 5) is 15.7. The molecule has 0 radical (unpaired) electrons. The maximum absolute atomic E-state index is 11.4. The lowest BCUT2D eigenvalue weighted by Gasteiger charge is -2.01. The number of pyridine rings is 1. The summed E-state index contributed by atoms with van der Waals surface area (Å²) in [5.74, 6) is 0.245. The molecular weight excluding hydrogens is 190 g/mol. The number of hydrogen-bond acceptors (Lipinski definition) is 3. The summed E-state index contributed by atoms with van der Waals surface area (Å²) in [5, 5.41) is 0. The molecule has 15 heavy (non-hydrogen) atoms. The molecule has 0 amide bonds. The second-order valence-electron chi connectivity index (χ2n) is 3.96. The lowest BCUT2D eigenvalue weighted by atomic mass is 10.2. The number of aromatic nitrogens is 1. The molecule has 1 heterocycles. The van der Waals surface area contributed by atoms with Crippen LogP contribution in [0.15, 0.2) is 18.3 Å². The summed E-state index contributed by atoms with van der Waals surface area (Å²) < 4.78 is 4.97. The molecule has 0 spiro atoms. The van der Waals surface area contributed by atoms with Crippen molar-refractivity contribution in [1.82, 2.24) is 4.98 Å². The molecule has 1 aromatic rings. The molecule has 1 aliphatic carbocycles. The molecule has 0 N–H and O–H groups in total. The van der Waals surface area contributed by atoms with Crippen LogP contribution >= 0.6 is 0 Å². The highest BCUT2D eigenvalue weighted by atomic mass is 16.5. The van der Waals surface area contributed by atoms with Crippen molar-refractivity contribution in [1.29, 1.82) is 0 Å². The van der Waals surface area contributed by atoms with Crippen molar-refractivity contribution < 1.29 is 9.53 Å². The van der Waals surface area contributed by atoms with Gasteiger partial charge in [-0.25, -0.2) is 0 Å². The van der Waals surface area contributed by atoms with Crippen LogP contribution < -0.4 is 0 Å². The molecule has 0 bridgehead atoms. The van der Waals surface area contributed by atoms with Gasteiger partial charge in [-0.1, -0.05) is 6.07 Å². The van der Waals surface area contributed by atoms with Gasteiger partial charge in [0, 0.05) is 17.8 Å². The van der Waals surface area contributed by atoms with E-state index in [1.54, 1.807) is 0 Å². The molecule has 2 atom stereocenters. The van der Waals surface area contributed by atoms with Gasteiger partial charge in [-0.3, -0.25) is 9.78 Å². The molecule has 3 nitrogen and oxygen atoms in total. The molecule has 0 aromatic carbocycles. The molecular formula is C12H15NO2. The SMILES string of the molecule is CCOC(=O)[C@H]1C[C@@H]1c1ccc(C)cn1. The Morgan fingerprint density at radius 1 is 1.60 bits per heavy atom. The van der Waals surface area contributed by atoms with Gasteiger partial charge in [0.25, 0.3) is 0 Å². The van der Waals surface area contributed by atoms with Gasteiger partial charge < -0.3 is 4.74 Å². The van der Waals surface area contributed by atoms with E-state index in [1.807, 2.05) is 32.2 Å². The Bertz CT molecular complexity index is 358. The lowest BCUT2D eigenvalue weighted by molar-refractivity contribution is -0.144. The van der Waals surface area contributed by atoms with E-state index in [2.05, 4.69) is 4.98 Å². The summed E-state index contributed by atoms with van der Waals surface area (Å²) in [7, 11) is 0. The highest BCUT2D eigenvalue weighted by molar-refractivity contribution is 5.77. The van der Waals surface area contributed by atoms with Crippen molar-refractivity contribution in [3.63, 3.8) is 0 Å². The van der Waals surface area contributed by atoms with Gasteiger partial charge in [-0.15, -0.1) is 0 Å². The van der Waals surface area contributed by atoms with Crippen molar-refractivity contribution in [2.45, 2.75) is 26.2 Å². The smallest absolute Gasteiger partial charge is 0.309 e. The predicted molar refractivity (Wildman–Crippen MR) is 56.5 cm³/mol. The second-order valence-corrected chi connectivity index (χ2v) is 3.96. The highest BCUT2D eigenvalue weighted by Gasteiger charge is 2.45. The van der Waals surface area contributed by atoms with Crippen molar-refractivity contribution >= 4 is 5.97 Å². The van der Waals surface area contributed by atoms with Crippen LogP contribution in [0, 0.1) is 12.8 Å². The summed E-state index contributed by atoms with van der Waals surface area (Å²) in [6.45, 7) is 4.30. The molecule has 0 unspecified atom stereocenters. The molecule has 0 aliphatic heterocycles. The first-order valence-electron chi connectivity index (χ1n) is 5.31. The van der Waals surface area contributed by atoms with E-state index >= 15 is 0 Å². The van der Waals surface area contributed by atoms with Gasteiger partial charge in [-0.05, 0) is 31.9 Å². The maximum Gasteiger partial charge on any atom is 0.309 e. The van der Waals surface area contributed by atoms with Crippen LogP contribution in [-0.2, 0) is 9.53 Å². The van der Waals surface area contributed by atoms with Crippen molar-refractivity contribution in [2.75, 3.05) is 6.61 Å². The van der Waals surface area contributed by atoms with Gasteiger partial charge in [0.1, 0.15) is 0 Å². The topological polar surface area (TPSA) is 39.2 Å². The van der Waals surface area contributed by atoms with Crippen LogP contribution in [0.3, 0.4) is 0 Å². The minimum absolute atomic E-state index is 0.0418. The number of rotatable bonds is 3. The molecule has 1 aromatic heterocycles. The van der Waals surface area contributed by atoms with E-state index < -0.39 is 0 Å². The second kappa shape index (κ2) is 4.01. The van der Waals surface area contributed by atoms with E-state index in [1.165, 1.54) is 0 Å². The van der Waals surface area contributed by atoms with Gasteiger partial charge in [0.15, 0.2) is 0 Å². The van der Waals surface area contributed by atoms with Crippen LogP contribution in [0.2, 0.25) is 0 Å². The van der Waals surface area contributed by atoms with E-state index in [0.717, 1.165) is 17.7 Å². The summed E-state index contributed by atoms with van der Waals surface area (Å²) in [6.07, 6.45) is 2.73. The van der Waals surface area contributed by atoms with Crippen LogP contribution in [-0.4, -0.2) is 17.6 Å². The quantitative estimate of drug-likeness (QED) is 0.709. The Balaban J connectivity index is 1.98. The Labute approximate surface area is 89.5 Å². The van der Waals surface area contributed by atoms with E-state index in [0.29, 0.717) is 6.61 Å². The van der Waals surface area contributed by atoms with E-state index in [4.69, 9.17) is 4.74 Å². The molecule has 2 rings (SSSR count). The largest absolute Gasteiger partial charge is 0.466 e. The number of hydrogen-bond donors (Lipinski definition) is 0. The molecule has 0 saturated heterocycles. The van der Waals surface area contributed by atoms with Gasteiger partial charge in [0.05, 0.1) is 12.5 Å². The first-order chi connectivity index (χ1) is 7.22. The fraction of sp³-hybridized carbons (Fsp3) is 0.500. The first kappa shape index (κ1) is 10.1. The molecule has 1 aliphatic rings. The monoisotopic (exact) mass is 205 g/mol. The third-order valence-electron chi connectivity index (χ3n) is 2.69. The normalized spacial score (nSPS) is 23.6. The zero-order valence-electron chi connectivity index (χ0n) is 9.06. The Kier molecular flexibility index (Phi) is 2.71. The summed E-state index contributed by atoms with van der Waals surface area (Å²) in [6, 6.07) is 4.03. The molecule has 1 fully saturated rings. The number of aryl methyl sites for hydroxylation is 1. The zero-order valence-corrected chi connectivity index (χ0v) is 9.06. The average Bonchev–Trinajstić information content (AvgIpc) is 2.99. The van der Waals surface area contributed by atoms with Crippen LogP contribution in [0.1, 0.15) is 30.5 Å². The van der Waals surface area contributed by atoms with E-state index in [9.17, 15) is 4.79 Å². The Hall–Kier alpha value is -1.38. The third kappa shape index (κ3) is 2.17. The van der Waals surface area contributed by atoms with E-state index in [-0.39, 0.29) is 17.8 Å². The fourth-order valence-corrected chi connectivity index (χ4v) is 1.73. The predicted octanol–water partition coefficient (Wildman–Crippen LogP) is 2.06. The summed E-state index contributed by atoms with van der Waals surface area (Å²) in [5.41, 5.74) is 2.16. The van der Waals surface area contributed by atoms with Crippen LogP contribution in [0.4, 0.5) is 0 Å².